The Morgan fingerprint density at radius 2 is 2.10 bits per heavy atom. The summed E-state index contributed by atoms with van der Waals surface area (Å²) in [5.41, 5.74) is 6.66. The molecule has 20 heavy (non-hydrogen) atoms. The number of ether oxygens (including phenoxy) is 1. The van der Waals surface area contributed by atoms with Crippen LogP contribution in [0.4, 0.5) is 9.18 Å². The predicted octanol–water partition coefficient (Wildman–Crippen LogP) is 2.70. The third-order valence-electron chi connectivity index (χ3n) is 2.83. The standard InChI is InChI=1S/C15H23FN2O2/c1-10-7-11(5-6-13(10)16)12(8-17)9-18-14(19)20-15(2,3)4/h5-7,12H,8-9,17H2,1-4H3,(H,18,19). The van der Waals surface area contributed by atoms with Crippen LogP contribution < -0.4 is 11.1 Å². The normalized spacial score (nSPS) is 12.9. The Morgan fingerprint density at radius 3 is 2.60 bits per heavy atom. The summed E-state index contributed by atoms with van der Waals surface area (Å²) in [6.07, 6.45) is -0.477. The van der Waals surface area contributed by atoms with Gasteiger partial charge in [0.15, 0.2) is 0 Å². The lowest BCUT2D eigenvalue weighted by atomic mass is 9.97. The Morgan fingerprint density at radius 1 is 1.45 bits per heavy atom. The highest BCUT2D eigenvalue weighted by atomic mass is 19.1. The van der Waals surface area contributed by atoms with Crippen molar-refractivity contribution >= 4 is 6.09 Å². The molecule has 1 rings (SSSR count). The maximum atomic E-state index is 13.2. The highest BCUT2D eigenvalue weighted by Crippen LogP contribution is 2.17. The molecule has 4 nitrogen and oxygen atoms in total. The van der Waals surface area contributed by atoms with Crippen molar-refractivity contribution in [3.8, 4) is 0 Å². The van der Waals surface area contributed by atoms with Crippen LogP contribution in [0.5, 0.6) is 0 Å². The number of amides is 1. The molecule has 5 heteroatoms. The Bertz CT molecular complexity index is 469. The number of alkyl carbamates (subject to hydrolysis) is 1. The fraction of sp³-hybridized carbons (Fsp3) is 0.533. The fourth-order valence-electron chi connectivity index (χ4n) is 1.78. The molecule has 0 saturated heterocycles. The molecule has 1 unspecified atom stereocenters. The minimum atomic E-state index is -0.533. The molecule has 112 valence electrons. The Labute approximate surface area is 119 Å². The van der Waals surface area contributed by atoms with E-state index in [-0.39, 0.29) is 11.7 Å². The van der Waals surface area contributed by atoms with Crippen molar-refractivity contribution in [2.75, 3.05) is 13.1 Å². The van der Waals surface area contributed by atoms with Gasteiger partial charge in [0, 0.05) is 19.0 Å². The van der Waals surface area contributed by atoms with Gasteiger partial charge in [0.05, 0.1) is 0 Å². The van der Waals surface area contributed by atoms with Gasteiger partial charge in [0.2, 0.25) is 0 Å². The molecule has 1 aromatic rings. The van der Waals surface area contributed by atoms with Crippen molar-refractivity contribution in [2.45, 2.75) is 39.2 Å². The highest BCUT2D eigenvalue weighted by molar-refractivity contribution is 5.67. The molecule has 0 aliphatic heterocycles. The molecule has 0 saturated carbocycles. The van der Waals surface area contributed by atoms with E-state index in [4.69, 9.17) is 10.5 Å². The van der Waals surface area contributed by atoms with E-state index in [0.29, 0.717) is 18.7 Å². The van der Waals surface area contributed by atoms with Gasteiger partial charge in [-0.1, -0.05) is 12.1 Å². The van der Waals surface area contributed by atoms with Gasteiger partial charge in [0.1, 0.15) is 11.4 Å². The van der Waals surface area contributed by atoms with Crippen LogP contribution >= 0.6 is 0 Å². The van der Waals surface area contributed by atoms with Gasteiger partial charge in [-0.15, -0.1) is 0 Å². The number of hydrogen-bond donors (Lipinski definition) is 2. The van der Waals surface area contributed by atoms with Crippen LogP contribution in [-0.4, -0.2) is 24.8 Å². The van der Waals surface area contributed by atoms with Crippen molar-refractivity contribution in [3.63, 3.8) is 0 Å². The lowest BCUT2D eigenvalue weighted by molar-refractivity contribution is 0.0525. The minimum Gasteiger partial charge on any atom is -0.444 e. The van der Waals surface area contributed by atoms with Gasteiger partial charge >= 0.3 is 6.09 Å². The molecule has 0 spiro atoms. The van der Waals surface area contributed by atoms with Crippen LogP contribution in [0, 0.1) is 12.7 Å². The topological polar surface area (TPSA) is 64.3 Å². The van der Waals surface area contributed by atoms with E-state index in [1.165, 1.54) is 6.07 Å². The van der Waals surface area contributed by atoms with Gasteiger partial charge in [-0.25, -0.2) is 9.18 Å². The maximum Gasteiger partial charge on any atom is 0.407 e. The van der Waals surface area contributed by atoms with Crippen LogP contribution in [-0.2, 0) is 4.74 Å². The SMILES string of the molecule is Cc1cc(C(CN)CNC(=O)OC(C)(C)C)ccc1F. The molecule has 0 aliphatic rings. The summed E-state index contributed by atoms with van der Waals surface area (Å²) in [7, 11) is 0. The monoisotopic (exact) mass is 282 g/mol. The second kappa shape index (κ2) is 6.70. The van der Waals surface area contributed by atoms with E-state index in [2.05, 4.69) is 5.32 Å². The van der Waals surface area contributed by atoms with E-state index < -0.39 is 11.7 Å². The Hall–Kier alpha value is -1.62. The van der Waals surface area contributed by atoms with E-state index in [9.17, 15) is 9.18 Å². The summed E-state index contributed by atoms with van der Waals surface area (Å²) in [4.78, 5) is 11.6. The zero-order valence-electron chi connectivity index (χ0n) is 12.5. The highest BCUT2D eigenvalue weighted by Gasteiger charge is 2.18. The molecule has 3 N–H and O–H groups in total. The van der Waals surface area contributed by atoms with Gasteiger partial charge in [-0.3, -0.25) is 0 Å². The summed E-state index contributed by atoms with van der Waals surface area (Å²) in [5.74, 6) is -0.313. The Kier molecular flexibility index (Phi) is 5.51. The number of nitrogens with two attached hydrogens (primary N) is 1. The molecule has 1 atom stereocenters. The van der Waals surface area contributed by atoms with Crippen LogP contribution in [0.1, 0.15) is 37.8 Å². The number of rotatable bonds is 4. The molecule has 0 radical (unpaired) electrons. The van der Waals surface area contributed by atoms with E-state index in [0.717, 1.165) is 5.56 Å². The number of halogens is 1. The lowest BCUT2D eigenvalue weighted by Crippen LogP contribution is -2.36. The van der Waals surface area contributed by atoms with Crippen LogP contribution in [0.15, 0.2) is 18.2 Å². The molecule has 1 aromatic carbocycles. The lowest BCUT2D eigenvalue weighted by Gasteiger charge is -2.21. The Balaban J connectivity index is 2.63. The molecule has 0 heterocycles. The summed E-state index contributed by atoms with van der Waals surface area (Å²) < 4.78 is 18.4. The van der Waals surface area contributed by atoms with Crippen molar-refractivity contribution in [2.24, 2.45) is 5.73 Å². The smallest absolute Gasteiger partial charge is 0.407 e. The minimum absolute atomic E-state index is 0.0678. The van der Waals surface area contributed by atoms with Gasteiger partial charge in [0.25, 0.3) is 0 Å². The zero-order chi connectivity index (χ0) is 15.3. The second-order valence-electron chi connectivity index (χ2n) is 5.82. The molecule has 0 fully saturated rings. The van der Waals surface area contributed by atoms with E-state index in [1.54, 1.807) is 39.8 Å². The largest absolute Gasteiger partial charge is 0.444 e. The van der Waals surface area contributed by atoms with Gasteiger partial charge in [-0.05, 0) is 44.9 Å². The first-order chi connectivity index (χ1) is 9.23. The number of hydrogen-bond acceptors (Lipinski definition) is 3. The average Bonchev–Trinajstić information content (AvgIpc) is 2.32. The maximum absolute atomic E-state index is 13.2. The number of carbonyl (C=O) groups excluding carboxylic acids is 1. The molecule has 0 bridgehead atoms. The quantitative estimate of drug-likeness (QED) is 0.892. The van der Waals surface area contributed by atoms with Crippen molar-refractivity contribution in [3.05, 3.63) is 35.1 Å². The first kappa shape index (κ1) is 16.4. The van der Waals surface area contributed by atoms with Crippen molar-refractivity contribution in [1.29, 1.82) is 0 Å². The number of aryl methyl sites for hydroxylation is 1. The fourth-order valence-corrected chi connectivity index (χ4v) is 1.78. The summed E-state index contributed by atoms with van der Waals surface area (Å²) in [5, 5.41) is 2.69. The first-order valence-corrected chi connectivity index (χ1v) is 6.66. The van der Waals surface area contributed by atoms with Gasteiger partial charge < -0.3 is 15.8 Å². The zero-order valence-corrected chi connectivity index (χ0v) is 12.5. The predicted molar refractivity (Wildman–Crippen MR) is 77.2 cm³/mol. The second-order valence-corrected chi connectivity index (χ2v) is 5.82. The first-order valence-electron chi connectivity index (χ1n) is 6.66. The summed E-state index contributed by atoms with van der Waals surface area (Å²) in [6, 6.07) is 4.86. The average molecular weight is 282 g/mol. The number of benzene rings is 1. The van der Waals surface area contributed by atoms with Crippen LogP contribution in [0.2, 0.25) is 0 Å². The van der Waals surface area contributed by atoms with E-state index >= 15 is 0 Å². The van der Waals surface area contributed by atoms with Crippen LogP contribution in [0.25, 0.3) is 0 Å². The van der Waals surface area contributed by atoms with Gasteiger partial charge in [-0.2, -0.15) is 0 Å². The number of carbonyl (C=O) groups is 1. The van der Waals surface area contributed by atoms with E-state index in [1.807, 2.05) is 0 Å². The molecule has 0 aliphatic carbocycles. The molecule has 1 amide bonds. The molecular weight excluding hydrogens is 259 g/mol. The van der Waals surface area contributed by atoms with Crippen LogP contribution in [0.3, 0.4) is 0 Å². The summed E-state index contributed by atoms with van der Waals surface area (Å²) in [6.45, 7) is 7.83. The molecular formula is C15H23FN2O2. The third kappa shape index (κ3) is 5.17. The third-order valence-corrected chi connectivity index (χ3v) is 2.83. The van der Waals surface area contributed by atoms with Crippen molar-refractivity contribution < 1.29 is 13.9 Å². The summed E-state index contributed by atoms with van der Waals surface area (Å²) >= 11 is 0. The van der Waals surface area contributed by atoms with Crippen molar-refractivity contribution in [1.82, 2.24) is 5.32 Å². The molecule has 0 aromatic heterocycles. The number of nitrogens with one attached hydrogen (secondary N) is 1.